The van der Waals surface area contributed by atoms with Crippen molar-refractivity contribution in [3.05, 3.63) is 99.9 Å². The number of aryl methyl sites for hydroxylation is 2. The van der Waals surface area contributed by atoms with Crippen LogP contribution in [0.1, 0.15) is 149 Å². The van der Waals surface area contributed by atoms with Crippen LogP contribution in [0.2, 0.25) is 0 Å². The summed E-state index contributed by atoms with van der Waals surface area (Å²) in [5.74, 6) is 0.333. The standard InChI is InChI=1S/C38H41F3NS.C13H24O2.Ir/c1-21(2)30-32-29(38(39,40)41)20-42-33(26-17-25-13-11-12-14-27(25)28(18-26)37(8,9)10)35(32)43-34(30)31-22(3)15-24(16-23(31)4)19-36(5,6)7;1-5-10(6-2)12(14)9-13(15)11(7-3)8-4;/h11-16,18,20-21H,19H2,1-10H3;9-11,14H,5-8H2,1-4H3;/q-1;;/b;12-9-;/i20D;;. The minimum absolute atomic E-state index is 0. The summed E-state index contributed by atoms with van der Waals surface area (Å²) in [6, 6.07) is 17.8. The first-order valence-electron chi connectivity index (χ1n) is 21.4. The van der Waals surface area contributed by atoms with E-state index in [1.807, 2.05) is 65.8 Å². The Bertz CT molecular complexity index is 2300. The molecule has 0 spiro atoms. The van der Waals surface area contributed by atoms with E-state index in [9.17, 15) is 23.1 Å². The van der Waals surface area contributed by atoms with E-state index in [1.165, 1.54) is 23.0 Å². The largest absolute Gasteiger partial charge is 0.512 e. The van der Waals surface area contributed by atoms with E-state index in [-0.39, 0.29) is 65.6 Å². The number of alkyl halides is 3. The Morgan fingerprint density at radius 2 is 1.46 bits per heavy atom. The molecule has 0 unspecified atom stereocenters. The van der Waals surface area contributed by atoms with Gasteiger partial charge in [-0.25, -0.2) is 0 Å². The third-order valence-electron chi connectivity index (χ3n) is 11.0. The minimum atomic E-state index is -4.73. The number of halogens is 3. The van der Waals surface area contributed by atoms with E-state index in [2.05, 4.69) is 84.6 Å². The van der Waals surface area contributed by atoms with Crippen LogP contribution >= 0.6 is 11.3 Å². The third-order valence-corrected chi connectivity index (χ3v) is 12.3. The SMILES string of the molecule is CCC(CC)C(=O)/C=C(\O)C(CC)CC.[2H]c1nc(-c2[c-]c3ccccc3c(C(C)(C)C)c2)c2sc(-c3c(C)cc(CC(C)(C)C)cc3C)c(C(C)C)c2c1C(F)(F)F.[Ir]. The maximum Gasteiger partial charge on any atom is 0.418 e. The summed E-state index contributed by atoms with van der Waals surface area (Å²) in [6.07, 6.45) is 0.330. The van der Waals surface area contributed by atoms with Crippen molar-refractivity contribution in [1.82, 2.24) is 4.98 Å². The average molecular weight is 1010 g/mol. The summed E-state index contributed by atoms with van der Waals surface area (Å²) < 4.78 is 53.5. The molecular formula is C51H65F3IrNO2S-. The molecule has 0 atom stereocenters. The summed E-state index contributed by atoms with van der Waals surface area (Å²) in [4.78, 5) is 16.9. The number of allylic oxidation sites excluding steroid dienone is 2. The van der Waals surface area contributed by atoms with Gasteiger partial charge in [-0.2, -0.15) is 13.2 Å². The van der Waals surface area contributed by atoms with Crippen LogP contribution in [0.25, 0.3) is 42.6 Å². The van der Waals surface area contributed by atoms with Crippen LogP contribution in [0.5, 0.6) is 0 Å². The molecule has 323 valence electrons. The van der Waals surface area contributed by atoms with Crippen LogP contribution in [0.3, 0.4) is 0 Å². The number of aromatic nitrogens is 1. The number of carbonyl (C=O) groups excluding carboxylic acids is 1. The first kappa shape index (κ1) is 48.3. The number of ketones is 1. The van der Waals surface area contributed by atoms with Crippen molar-refractivity contribution < 1.29 is 44.5 Å². The van der Waals surface area contributed by atoms with Gasteiger partial charge < -0.3 is 5.11 Å². The number of aliphatic hydroxyl groups is 1. The molecule has 0 saturated heterocycles. The van der Waals surface area contributed by atoms with Crippen LogP contribution in [0, 0.1) is 37.2 Å². The molecule has 2 heterocycles. The summed E-state index contributed by atoms with van der Waals surface area (Å²) in [5.41, 5.74) is 5.86. The molecule has 3 nitrogen and oxygen atoms in total. The first-order chi connectivity index (χ1) is 27.4. The van der Waals surface area contributed by atoms with Crippen LogP contribution < -0.4 is 0 Å². The zero-order chi connectivity index (χ0) is 44.4. The number of hydrogen-bond donors (Lipinski definition) is 1. The van der Waals surface area contributed by atoms with E-state index in [4.69, 9.17) is 1.37 Å². The molecule has 5 rings (SSSR count). The normalized spacial score (nSPS) is 12.9. The van der Waals surface area contributed by atoms with Crippen molar-refractivity contribution in [3.8, 4) is 21.7 Å². The molecule has 0 aliphatic heterocycles. The van der Waals surface area contributed by atoms with Crippen molar-refractivity contribution in [2.45, 2.75) is 147 Å². The predicted octanol–water partition coefficient (Wildman–Crippen LogP) is 16.1. The molecule has 8 heteroatoms. The molecule has 0 amide bonds. The molecule has 1 radical (unpaired) electrons. The molecule has 0 fully saturated rings. The summed E-state index contributed by atoms with van der Waals surface area (Å²) in [5, 5.41) is 11.8. The Hall–Kier alpha value is -3.32. The van der Waals surface area contributed by atoms with Gasteiger partial charge in [-0.15, -0.1) is 40.5 Å². The van der Waals surface area contributed by atoms with Gasteiger partial charge in [0, 0.05) is 64.8 Å². The monoisotopic (exact) mass is 1010 g/mol. The molecule has 59 heavy (non-hydrogen) atoms. The fraction of sp³-hybridized carbons (Fsp3) is 0.490. The van der Waals surface area contributed by atoms with Gasteiger partial charge in [0.1, 0.15) is 0 Å². The number of carbonyl (C=O) groups is 1. The number of aliphatic hydroxyl groups excluding tert-OH is 1. The van der Waals surface area contributed by atoms with Gasteiger partial charge in [0.25, 0.3) is 0 Å². The van der Waals surface area contributed by atoms with Gasteiger partial charge in [-0.1, -0.05) is 124 Å². The number of hydrogen-bond acceptors (Lipinski definition) is 4. The van der Waals surface area contributed by atoms with Gasteiger partial charge in [0.15, 0.2) is 5.78 Å². The summed E-state index contributed by atoms with van der Waals surface area (Å²) in [6.45, 7) is 29.0. The second-order valence-electron chi connectivity index (χ2n) is 18.4. The van der Waals surface area contributed by atoms with Crippen LogP contribution in [0.15, 0.2) is 60.5 Å². The van der Waals surface area contributed by atoms with Gasteiger partial charge in [-0.05, 0) is 90.5 Å². The molecule has 0 aliphatic rings. The van der Waals surface area contributed by atoms with Crippen LogP contribution in [-0.2, 0) is 42.9 Å². The Morgan fingerprint density at radius 1 is 0.898 bits per heavy atom. The number of benzene rings is 3. The van der Waals surface area contributed by atoms with Gasteiger partial charge in [-0.3, -0.25) is 9.78 Å². The first-order valence-corrected chi connectivity index (χ1v) is 21.7. The average Bonchev–Trinajstić information content (AvgIpc) is 3.49. The molecular weight excluding hydrogens is 940 g/mol. The smallest absolute Gasteiger partial charge is 0.418 e. The number of rotatable bonds is 11. The molecule has 0 bridgehead atoms. The zero-order valence-electron chi connectivity index (χ0n) is 38.6. The van der Waals surface area contributed by atoms with E-state index >= 15 is 0 Å². The Kier molecular flexibility index (Phi) is 16.4. The quantitative estimate of drug-likeness (QED) is 0.0815. The second kappa shape index (κ2) is 20.0. The third kappa shape index (κ3) is 11.7. The Morgan fingerprint density at radius 3 is 1.95 bits per heavy atom. The number of pyridine rings is 1. The fourth-order valence-electron chi connectivity index (χ4n) is 8.09. The van der Waals surface area contributed by atoms with Gasteiger partial charge in [0.2, 0.25) is 0 Å². The molecule has 0 aliphatic carbocycles. The van der Waals surface area contributed by atoms with Gasteiger partial charge >= 0.3 is 6.18 Å². The molecule has 5 aromatic rings. The van der Waals surface area contributed by atoms with E-state index in [0.29, 0.717) is 21.5 Å². The molecule has 0 saturated carbocycles. The predicted molar refractivity (Wildman–Crippen MR) is 241 cm³/mol. The zero-order valence-corrected chi connectivity index (χ0v) is 40.8. The second-order valence-corrected chi connectivity index (χ2v) is 19.4. The van der Waals surface area contributed by atoms with Crippen molar-refractivity contribution in [2.24, 2.45) is 17.3 Å². The van der Waals surface area contributed by atoms with Crippen molar-refractivity contribution in [3.63, 3.8) is 0 Å². The minimum Gasteiger partial charge on any atom is -0.512 e. The van der Waals surface area contributed by atoms with E-state index in [0.717, 1.165) is 70.0 Å². The van der Waals surface area contributed by atoms with E-state index in [1.54, 1.807) is 0 Å². The topological polar surface area (TPSA) is 50.2 Å². The molecule has 2 aromatic heterocycles. The van der Waals surface area contributed by atoms with Crippen molar-refractivity contribution in [2.75, 3.05) is 0 Å². The molecule has 1 N–H and O–H groups in total. The number of nitrogens with zero attached hydrogens (tertiary/aromatic N) is 1. The van der Waals surface area contributed by atoms with Crippen molar-refractivity contribution in [1.29, 1.82) is 0 Å². The summed E-state index contributed by atoms with van der Waals surface area (Å²) in [7, 11) is 0. The Balaban J connectivity index is 0.000000513. The van der Waals surface area contributed by atoms with Crippen LogP contribution in [-0.4, -0.2) is 15.9 Å². The maximum atomic E-state index is 14.8. The maximum absolute atomic E-state index is 14.8. The summed E-state index contributed by atoms with van der Waals surface area (Å²) >= 11 is 1.37. The van der Waals surface area contributed by atoms with Gasteiger partial charge in [0.05, 0.1) is 12.7 Å². The number of thiophene rings is 1. The van der Waals surface area contributed by atoms with Crippen LogP contribution in [0.4, 0.5) is 13.2 Å². The van der Waals surface area contributed by atoms with E-state index < -0.39 is 17.9 Å². The number of fused-ring (bicyclic) bond motifs is 2. The fourth-order valence-corrected chi connectivity index (χ4v) is 9.73. The Labute approximate surface area is 371 Å². The molecule has 3 aromatic carbocycles. The van der Waals surface area contributed by atoms with Crippen molar-refractivity contribution >= 4 is 38.0 Å².